The smallest absolute Gasteiger partial charge is 0.335 e. The van der Waals surface area contributed by atoms with Gasteiger partial charge in [-0.1, -0.05) is 23.8 Å². The number of hydrogen-bond donors (Lipinski definition) is 1. The highest BCUT2D eigenvalue weighted by Crippen LogP contribution is 2.52. The van der Waals surface area contributed by atoms with Gasteiger partial charge >= 0.3 is 5.97 Å². The fourth-order valence-electron chi connectivity index (χ4n) is 4.53. The molecule has 1 aromatic heterocycles. The molecule has 0 spiro atoms. The molecule has 3 aliphatic rings. The van der Waals surface area contributed by atoms with Crippen molar-refractivity contribution < 1.29 is 23.9 Å². The molecule has 0 unspecified atom stereocenters. The number of amides is 2. The molecule has 2 fully saturated rings. The van der Waals surface area contributed by atoms with Gasteiger partial charge in [0.15, 0.2) is 0 Å². The Hall–Kier alpha value is -3.19. The number of imide groups is 1. The summed E-state index contributed by atoms with van der Waals surface area (Å²) in [6, 6.07) is 7.55. The highest BCUT2D eigenvalue weighted by Gasteiger charge is 2.59. The second-order valence-corrected chi connectivity index (χ2v) is 7.84. The van der Waals surface area contributed by atoms with E-state index in [1.54, 1.807) is 12.1 Å². The molecule has 1 aromatic carbocycles. The molecule has 7 nitrogen and oxygen atoms in total. The van der Waals surface area contributed by atoms with Crippen LogP contribution in [0.5, 0.6) is 0 Å². The summed E-state index contributed by atoms with van der Waals surface area (Å²) in [5.74, 6) is -1.29. The monoisotopic (exact) mass is 410 g/mol. The van der Waals surface area contributed by atoms with Crippen LogP contribution in [0.1, 0.15) is 22.5 Å². The average molecular weight is 411 g/mol. The van der Waals surface area contributed by atoms with Gasteiger partial charge in [0, 0.05) is 5.56 Å². The molecule has 5 rings (SSSR count). The van der Waals surface area contributed by atoms with E-state index in [1.165, 1.54) is 24.4 Å². The van der Waals surface area contributed by atoms with Gasteiger partial charge < -0.3 is 9.52 Å². The van der Waals surface area contributed by atoms with Crippen LogP contribution in [0.3, 0.4) is 0 Å². The number of aromatic carboxylic acids is 1. The van der Waals surface area contributed by atoms with E-state index in [0.717, 1.165) is 11.4 Å². The minimum Gasteiger partial charge on any atom is -0.478 e. The molecule has 2 bridgehead atoms. The lowest BCUT2D eigenvalue weighted by atomic mass is 9.85. The van der Waals surface area contributed by atoms with Gasteiger partial charge in [-0.05, 0) is 48.6 Å². The third kappa shape index (κ3) is 2.73. The zero-order chi connectivity index (χ0) is 20.3. The largest absolute Gasteiger partial charge is 0.478 e. The van der Waals surface area contributed by atoms with Crippen molar-refractivity contribution >= 4 is 35.6 Å². The quantitative estimate of drug-likeness (QED) is 0.472. The molecule has 1 N–H and O–H groups in total. The summed E-state index contributed by atoms with van der Waals surface area (Å²) in [6.07, 6.45) is 6.22. The zero-order valence-corrected chi connectivity index (χ0v) is 15.7. The number of carboxylic acids is 1. The van der Waals surface area contributed by atoms with Crippen LogP contribution in [0.2, 0.25) is 5.02 Å². The van der Waals surface area contributed by atoms with Gasteiger partial charge in [0.25, 0.3) is 11.8 Å². The third-order valence-corrected chi connectivity index (χ3v) is 6.18. The Morgan fingerprint density at radius 3 is 2.48 bits per heavy atom. The number of halogens is 1. The van der Waals surface area contributed by atoms with Crippen molar-refractivity contribution in [1.29, 1.82) is 0 Å². The van der Waals surface area contributed by atoms with E-state index in [1.807, 2.05) is 12.2 Å². The molecule has 1 saturated heterocycles. The molecular weight excluding hydrogens is 396 g/mol. The van der Waals surface area contributed by atoms with Crippen molar-refractivity contribution in [3.05, 3.63) is 58.8 Å². The molecule has 2 aromatic rings. The van der Waals surface area contributed by atoms with Gasteiger partial charge in [-0.15, -0.1) is 0 Å². The highest BCUT2D eigenvalue weighted by atomic mass is 35.5. The predicted octanol–water partition coefficient (Wildman–Crippen LogP) is 3.44. The molecule has 4 atom stereocenters. The second kappa shape index (κ2) is 6.42. The van der Waals surface area contributed by atoms with Crippen LogP contribution in [0.15, 0.2) is 52.0 Å². The van der Waals surface area contributed by atoms with Crippen molar-refractivity contribution in [2.45, 2.75) is 6.42 Å². The van der Waals surface area contributed by atoms with Crippen molar-refractivity contribution in [2.75, 3.05) is 0 Å². The lowest BCUT2D eigenvalue weighted by molar-refractivity contribution is -0.140. The number of carbonyl (C=O) groups is 3. The molecular formula is C21H15ClN2O5. The summed E-state index contributed by atoms with van der Waals surface area (Å²) < 4.78 is 5.68. The number of allylic oxidation sites excluding steroid dienone is 2. The first-order valence-corrected chi connectivity index (χ1v) is 9.55. The third-order valence-electron chi connectivity index (χ3n) is 5.85. The number of carbonyl (C=O) groups excluding carboxylic acids is 2. The molecule has 0 radical (unpaired) electrons. The van der Waals surface area contributed by atoms with Crippen molar-refractivity contribution in [3.63, 3.8) is 0 Å². The molecule has 2 heterocycles. The number of furan rings is 1. The van der Waals surface area contributed by atoms with Gasteiger partial charge in [0.05, 0.1) is 28.6 Å². The minimum atomic E-state index is -1.07. The van der Waals surface area contributed by atoms with E-state index in [-0.39, 0.29) is 41.0 Å². The lowest BCUT2D eigenvalue weighted by Crippen LogP contribution is -2.28. The Bertz CT molecular complexity index is 1090. The van der Waals surface area contributed by atoms with Crippen LogP contribution in [0.4, 0.5) is 0 Å². The number of hydrogen-bond acceptors (Lipinski definition) is 5. The second-order valence-electron chi connectivity index (χ2n) is 7.43. The minimum absolute atomic E-state index is 0.0825. The van der Waals surface area contributed by atoms with E-state index in [4.69, 9.17) is 21.1 Å². The maximum atomic E-state index is 12.6. The van der Waals surface area contributed by atoms with Crippen LogP contribution >= 0.6 is 11.6 Å². The Morgan fingerprint density at radius 2 is 1.83 bits per heavy atom. The number of hydrazone groups is 1. The summed E-state index contributed by atoms with van der Waals surface area (Å²) in [4.78, 5) is 36.4. The Balaban J connectivity index is 1.38. The molecule has 1 aliphatic heterocycles. The summed E-state index contributed by atoms with van der Waals surface area (Å²) >= 11 is 6.16. The maximum Gasteiger partial charge on any atom is 0.335 e. The normalized spacial score (nSPS) is 27.4. The van der Waals surface area contributed by atoms with Crippen LogP contribution in [0, 0.1) is 23.7 Å². The summed E-state index contributed by atoms with van der Waals surface area (Å²) in [5.41, 5.74) is 0.510. The first kappa shape index (κ1) is 17.9. The highest BCUT2D eigenvalue weighted by molar-refractivity contribution is 6.33. The van der Waals surface area contributed by atoms with Crippen LogP contribution < -0.4 is 0 Å². The molecule has 146 valence electrons. The summed E-state index contributed by atoms with van der Waals surface area (Å²) in [6.45, 7) is 0. The van der Waals surface area contributed by atoms with E-state index in [0.29, 0.717) is 22.1 Å². The standard InChI is InChI=1S/C21H15ClN2O5/c22-15-5-3-12(21(27)28)8-14(15)16-6-4-13(29-16)9-23-24-19(25)17-10-1-2-11(7-10)18(17)20(24)26/h1-6,8-11,17-18H,7H2,(H,27,28)/t10-,11-,17-,18+/m0/s1. The fraction of sp³-hybridized carbons (Fsp3) is 0.238. The number of nitrogens with zero attached hydrogens (tertiary/aromatic N) is 2. The van der Waals surface area contributed by atoms with Gasteiger partial charge in [0.1, 0.15) is 11.5 Å². The van der Waals surface area contributed by atoms with Gasteiger partial charge in [-0.2, -0.15) is 10.1 Å². The van der Waals surface area contributed by atoms with Crippen LogP contribution in [-0.2, 0) is 9.59 Å². The first-order valence-electron chi connectivity index (χ1n) is 9.17. The fourth-order valence-corrected chi connectivity index (χ4v) is 4.74. The van der Waals surface area contributed by atoms with Crippen LogP contribution in [-0.4, -0.2) is 34.1 Å². The van der Waals surface area contributed by atoms with Gasteiger partial charge in [-0.3, -0.25) is 9.59 Å². The summed E-state index contributed by atoms with van der Waals surface area (Å²) in [7, 11) is 0. The number of fused-ring (bicyclic) bond motifs is 5. The average Bonchev–Trinajstić information content (AvgIpc) is 3.46. The van der Waals surface area contributed by atoms with Crippen LogP contribution in [0.25, 0.3) is 11.3 Å². The van der Waals surface area contributed by atoms with E-state index in [2.05, 4.69) is 5.10 Å². The zero-order valence-electron chi connectivity index (χ0n) is 15.0. The van der Waals surface area contributed by atoms with Gasteiger partial charge in [-0.25, -0.2) is 4.79 Å². The van der Waals surface area contributed by atoms with Crippen molar-refractivity contribution in [2.24, 2.45) is 28.8 Å². The predicted molar refractivity (Wildman–Crippen MR) is 103 cm³/mol. The number of carboxylic acid groups (broad SMARTS) is 1. The molecule has 2 amide bonds. The van der Waals surface area contributed by atoms with E-state index in [9.17, 15) is 14.4 Å². The van der Waals surface area contributed by atoms with E-state index >= 15 is 0 Å². The van der Waals surface area contributed by atoms with Gasteiger partial charge in [0.2, 0.25) is 0 Å². The SMILES string of the molecule is O=C(O)c1ccc(Cl)c(-c2ccc(C=NN3C(=O)[C@@H]4[C@H](C3=O)[C@H]3C=C[C@H]4C3)o2)c1. The van der Waals surface area contributed by atoms with E-state index < -0.39 is 5.97 Å². The Labute approximate surface area is 170 Å². The molecule has 8 heteroatoms. The lowest BCUT2D eigenvalue weighted by Gasteiger charge is -2.13. The molecule has 29 heavy (non-hydrogen) atoms. The number of rotatable bonds is 4. The maximum absolute atomic E-state index is 12.6. The Morgan fingerprint density at radius 1 is 1.14 bits per heavy atom. The topological polar surface area (TPSA) is 100 Å². The van der Waals surface area contributed by atoms with Crippen molar-refractivity contribution in [3.8, 4) is 11.3 Å². The Kier molecular flexibility index (Phi) is 3.96. The molecule has 2 aliphatic carbocycles. The molecule has 1 saturated carbocycles. The number of benzene rings is 1. The first-order chi connectivity index (χ1) is 13.9. The van der Waals surface area contributed by atoms with Crippen molar-refractivity contribution in [1.82, 2.24) is 5.01 Å². The summed E-state index contributed by atoms with van der Waals surface area (Å²) in [5, 5.41) is 14.5.